The summed E-state index contributed by atoms with van der Waals surface area (Å²) >= 11 is 0. The molecule has 0 unspecified atom stereocenters. The Hall–Kier alpha value is -1.75. The highest BCUT2D eigenvalue weighted by molar-refractivity contribution is 5.89. The summed E-state index contributed by atoms with van der Waals surface area (Å²) in [5, 5.41) is 9.16. The summed E-state index contributed by atoms with van der Waals surface area (Å²) in [6, 6.07) is 7.92. The van der Waals surface area contributed by atoms with Crippen LogP contribution in [0.5, 0.6) is 0 Å². The molecule has 21 heavy (non-hydrogen) atoms. The molecule has 5 nitrogen and oxygen atoms in total. The van der Waals surface area contributed by atoms with Gasteiger partial charge < -0.3 is 20.7 Å². The summed E-state index contributed by atoms with van der Waals surface area (Å²) in [5.74, 6) is 0. The molecule has 116 valence electrons. The Bertz CT molecular complexity index is 428. The number of hydrogen-bond acceptors (Lipinski definition) is 3. The van der Waals surface area contributed by atoms with Gasteiger partial charge in [-0.25, -0.2) is 4.79 Å². The molecule has 2 amide bonds. The molecule has 0 atom stereocenters. The van der Waals surface area contributed by atoms with Gasteiger partial charge in [0, 0.05) is 31.1 Å². The SMILES string of the molecule is COCCNc1ccc(NC(=O)NC2CCCCC2)cc1. The maximum Gasteiger partial charge on any atom is 0.319 e. The fourth-order valence-corrected chi connectivity index (χ4v) is 2.57. The van der Waals surface area contributed by atoms with Gasteiger partial charge in [0.2, 0.25) is 0 Å². The number of carbonyl (C=O) groups is 1. The van der Waals surface area contributed by atoms with Gasteiger partial charge in [-0.2, -0.15) is 0 Å². The molecular formula is C16H25N3O2. The molecule has 1 aliphatic rings. The summed E-state index contributed by atoms with van der Waals surface area (Å²) in [7, 11) is 1.68. The third-order valence-corrected chi connectivity index (χ3v) is 3.72. The largest absolute Gasteiger partial charge is 0.383 e. The maximum absolute atomic E-state index is 11.9. The van der Waals surface area contributed by atoms with E-state index >= 15 is 0 Å². The third kappa shape index (κ3) is 5.63. The number of nitrogens with one attached hydrogen (secondary N) is 3. The quantitative estimate of drug-likeness (QED) is 0.705. The predicted molar refractivity (Wildman–Crippen MR) is 85.8 cm³/mol. The van der Waals surface area contributed by atoms with E-state index in [-0.39, 0.29) is 6.03 Å². The van der Waals surface area contributed by atoms with E-state index in [0.717, 1.165) is 30.8 Å². The highest BCUT2D eigenvalue weighted by Crippen LogP contribution is 2.18. The number of methoxy groups -OCH3 is 1. The first kappa shape index (κ1) is 15.6. The van der Waals surface area contributed by atoms with Gasteiger partial charge in [0.15, 0.2) is 0 Å². The minimum Gasteiger partial charge on any atom is -0.383 e. The van der Waals surface area contributed by atoms with Gasteiger partial charge in [-0.05, 0) is 37.1 Å². The Balaban J connectivity index is 1.75. The van der Waals surface area contributed by atoms with Crippen molar-refractivity contribution >= 4 is 17.4 Å². The summed E-state index contributed by atoms with van der Waals surface area (Å²) in [4.78, 5) is 11.9. The lowest BCUT2D eigenvalue weighted by atomic mass is 9.96. The van der Waals surface area contributed by atoms with Crippen molar-refractivity contribution in [2.24, 2.45) is 0 Å². The normalized spacial score (nSPS) is 15.5. The molecule has 1 aliphatic carbocycles. The van der Waals surface area contributed by atoms with Gasteiger partial charge in [0.25, 0.3) is 0 Å². The van der Waals surface area contributed by atoms with E-state index in [2.05, 4.69) is 16.0 Å². The van der Waals surface area contributed by atoms with Crippen molar-refractivity contribution in [3.63, 3.8) is 0 Å². The van der Waals surface area contributed by atoms with E-state index in [1.807, 2.05) is 24.3 Å². The van der Waals surface area contributed by atoms with Crippen LogP contribution in [-0.4, -0.2) is 32.3 Å². The van der Waals surface area contributed by atoms with Crippen LogP contribution in [0.25, 0.3) is 0 Å². The molecular weight excluding hydrogens is 266 g/mol. The smallest absolute Gasteiger partial charge is 0.319 e. The zero-order valence-corrected chi connectivity index (χ0v) is 12.7. The van der Waals surface area contributed by atoms with Crippen LogP contribution < -0.4 is 16.0 Å². The van der Waals surface area contributed by atoms with E-state index in [4.69, 9.17) is 4.74 Å². The second-order valence-corrected chi connectivity index (χ2v) is 5.43. The van der Waals surface area contributed by atoms with Crippen LogP contribution in [0.4, 0.5) is 16.2 Å². The first-order chi connectivity index (χ1) is 10.3. The Morgan fingerprint density at radius 3 is 2.48 bits per heavy atom. The van der Waals surface area contributed by atoms with Crippen LogP contribution in [-0.2, 0) is 4.74 Å². The molecule has 1 saturated carbocycles. The number of benzene rings is 1. The maximum atomic E-state index is 11.9. The molecule has 3 N–H and O–H groups in total. The van der Waals surface area contributed by atoms with Crippen LogP contribution in [0.15, 0.2) is 24.3 Å². The molecule has 1 aromatic carbocycles. The fraction of sp³-hybridized carbons (Fsp3) is 0.562. The number of urea groups is 1. The summed E-state index contributed by atoms with van der Waals surface area (Å²) in [6.45, 7) is 1.44. The number of anilines is 2. The minimum atomic E-state index is -0.109. The molecule has 1 aromatic rings. The van der Waals surface area contributed by atoms with Gasteiger partial charge in [-0.15, -0.1) is 0 Å². The predicted octanol–water partition coefficient (Wildman–Crippen LogP) is 3.20. The van der Waals surface area contributed by atoms with Crippen LogP contribution in [0.2, 0.25) is 0 Å². The monoisotopic (exact) mass is 291 g/mol. The first-order valence-electron chi connectivity index (χ1n) is 7.68. The van der Waals surface area contributed by atoms with E-state index in [9.17, 15) is 4.79 Å². The lowest BCUT2D eigenvalue weighted by Gasteiger charge is -2.22. The Kier molecular flexibility index (Phi) is 6.34. The number of ether oxygens (including phenoxy) is 1. The highest BCUT2D eigenvalue weighted by Gasteiger charge is 2.15. The topological polar surface area (TPSA) is 62.4 Å². The van der Waals surface area contributed by atoms with Gasteiger partial charge in [0.1, 0.15) is 0 Å². The number of hydrogen-bond donors (Lipinski definition) is 3. The summed E-state index contributed by atoms with van der Waals surface area (Å²) in [5.41, 5.74) is 1.82. The summed E-state index contributed by atoms with van der Waals surface area (Å²) in [6.07, 6.45) is 5.91. The van der Waals surface area contributed by atoms with Crippen molar-refractivity contribution in [3.05, 3.63) is 24.3 Å². The fourth-order valence-electron chi connectivity index (χ4n) is 2.57. The van der Waals surface area contributed by atoms with E-state index in [0.29, 0.717) is 12.6 Å². The van der Waals surface area contributed by atoms with E-state index < -0.39 is 0 Å². The Morgan fingerprint density at radius 2 is 1.81 bits per heavy atom. The second kappa shape index (κ2) is 8.52. The molecule has 0 bridgehead atoms. The van der Waals surface area contributed by atoms with Crippen molar-refractivity contribution in [2.75, 3.05) is 30.9 Å². The van der Waals surface area contributed by atoms with Gasteiger partial charge in [-0.3, -0.25) is 0 Å². The molecule has 0 radical (unpaired) electrons. The van der Waals surface area contributed by atoms with Crippen molar-refractivity contribution < 1.29 is 9.53 Å². The second-order valence-electron chi connectivity index (χ2n) is 5.43. The highest BCUT2D eigenvalue weighted by atomic mass is 16.5. The van der Waals surface area contributed by atoms with Gasteiger partial charge >= 0.3 is 6.03 Å². The summed E-state index contributed by atoms with van der Waals surface area (Å²) < 4.78 is 4.98. The minimum absolute atomic E-state index is 0.109. The van der Waals surface area contributed by atoms with Crippen LogP contribution in [0.1, 0.15) is 32.1 Å². The molecule has 2 rings (SSSR count). The molecule has 0 aliphatic heterocycles. The van der Waals surface area contributed by atoms with Crippen molar-refractivity contribution in [3.8, 4) is 0 Å². The van der Waals surface area contributed by atoms with E-state index in [1.165, 1.54) is 19.3 Å². The number of rotatable bonds is 6. The van der Waals surface area contributed by atoms with Crippen molar-refractivity contribution in [1.29, 1.82) is 0 Å². The van der Waals surface area contributed by atoms with E-state index in [1.54, 1.807) is 7.11 Å². The molecule has 0 aromatic heterocycles. The molecule has 0 heterocycles. The lowest BCUT2D eigenvalue weighted by Crippen LogP contribution is -2.38. The third-order valence-electron chi connectivity index (χ3n) is 3.72. The van der Waals surface area contributed by atoms with Crippen LogP contribution in [0.3, 0.4) is 0 Å². The average molecular weight is 291 g/mol. The van der Waals surface area contributed by atoms with Gasteiger partial charge in [0.05, 0.1) is 6.61 Å². The van der Waals surface area contributed by atoms with Crippen molar-refractivity contribution in [1.82, 2.24) is 5.32 Å². The van der Waals surface area contributed by atoms with Crippen molar-refractivity contribution in [2.45, 2.75) is 38.1 Å². The number of carbonyl (C=O) groups excluding carboxylic acids is 1. The van der Waals surface area contributed by atoms with Gasteiger partial charge in [-0.1, -0.05) is 19.3 Å². The standard InChI is InChI=1S/C16H25N3O2/c1-21-12-11-17-13-7-9-15(10-8-13)19-16(20)18-14-5-3-2-4-6-14/h7-10,14,17H,2-6,11-12H2,1H3,(H2,18,19,20). The number of amides is 2. The zero-order valence-electron chi connectivity index (χ0n) is 12.7. The first-order valence-corrected chi connectivity index (χ1v) is 7.68. The van der Waals surface area contributed by atoms with Crippen LogP contribution in [0, 0.1) is 0 Å². The molecule has 5 heteroatoms. The Labute approximate surface area is 126 Å². The molecule has 0 spiro atoms. The zero-order chi connectivity index (χ0) is 14.9. The van der Waals surface area contributed by atoms with Crippen LogP contribution >= 0.6 is 0 Å². The Morgan fingerprint density at radius 1 is 1.14 bits per heavy atom. The molecule has 1 fully saturated rings. The lowest BCUT2D eigenvalue weighted by molar-refractivity contribution is 0.211. The molecule has 0 saturated heterocycles. The average Bonchev–Trinajstić information content (AvgIpc) is 2.50.